The Balaban J connectivity index is 1.30. The van der Waals surface area contributed by atoms with Crippen LogP contribution in [0.4, 0.5) is 5.69 Å². The van der Waals surface area contributed by atoms with Crippen molar-refractivity contribution >= 4 is 45.8 Å². The van der Waals surface area contributed by atoms with E-state index in [1.807, 2.05) is 48.5 Å². The second-order valence-corrected chi connectivity index (χ2v) is 9.58. The summed E-state index contributed by atoms with van der Waals surface area (Å²) in [6.45, 7) is 1.46. The fraction of sp³-hybridized carbons (Fsp3) is 0.133. The van der Waals surface area contributed by atoms with E-state index in [0.717, 1.165) is 16.5 Å². The van der Waals surface area contributed by atoms with Crippen LogP contribution in [0.25, 0.3) is 22.3 Å². The Hall–Kier alpha value is -4.00. The van der Waals surface area contributed by atoms with Gasteiger partial charge in [-0.1, -0.05) is 65.7 Å². The van der Waals surface area contributed by atoms with Crippen molar-refractivity contribution in [2.45, 2.75) is 13.0 Å². The van der Waals surface area contributed by atoms with Gasteiger partial charge in [0.2, 0.25) is 0 Å². The first-order valence-electron chi connectivity index (χ1n) is 12.1. The molecule has 2 aromatic heterocycles. The van der Waals surface area contributed by atoms with Crippen LogP contribution < -0.4 is 10.9 Å². The number of furan rings is 1. The fourth-order valence-electron chi connectivity index (χ4n) is 4.22. The van der Waals surface area contributed by atoms with Crippen LogP contribution in [0.2, 0.25) is 10.0 Å². The van der Waals surface area contributed by atoms with Crippen molar-refractivity contribution in [1.82, 2.24) is 4.90 Å². The molecule has 2 heterocycles. The van der Waals surface area contributed by atoms with Crippen LogP contribution in [0.15, 0.2) is 105 Å². The van der Waals surface area contributed by atoms with Gasteiger partial charge in [-0.05, 0) is 54.4 Å². The van der Waals surface area contributed by atoms with Gasteiger partial charge in [0.05, 0.1) is 15.7 Å². The van der Waals surface area contributed by atoms with E-state index >= 15 is 0 Å². The molecule has 0 radical (unpaired) electrons. The molecule has 0 aliphatic carbocycles. The molecule has 192 valence electrons. The summed E-state index contributed by atoms with van der Waals surface area (Å²) in [4.78, 5) is 27.2. The van der Waals surface area contributed by atoms with Crippen molar-refractivity contribution in [3.8, 4) is 11.3 Å². The number of nitrogens with one attached hydrogen (secondary N) is 1. The minimum atomic E-state index is -0.414. The number of amides is 1. The smallest absolute Gasteiger partial charge is 0.338 e. The zero-order valence-electron chi connectivity index (χ0n) is 20.3. The molecular formula is C30H24Cl2N2O4. The number of hydrogen-bond acceptors (Lipinski definition) is 5. The molecule has 0 spiro atoms. The van der Waals surface area contributed by atoms with Crippen LogP contribution in [-0.4, -0.2) is 23.9 Å². The largest absolute Gasteiger partial charge is 0.451 e. The third-order valence-electron chi connectivity index (χ3n) is 6.09. The quantitative estimate of drug-likeness (QED) is 0.153. The first-order valence-corrected chi connectivity index (χ1v) is 12.9. The first-order chi connectivity index (χ1) is 18.5. The zero-order valence-corrected chi connectivity index (χ0v) is 21.8. The number of rotatable bonds is 9. The molecular weight excluding hydrogens is 523 g/mol. The minimum absolute atomic E-state index is 0.217. The molecule has 5 rings (SSSR count). The summed E-state index contributed by atoms with van der Waals surface area (Å²) in [6.07, 6.45) is 0.646. The number of carbonyl (C=O) groups is 1. The second kappa shape index (κ2) is 11.6. The molecule has 0 bridgehead atoms. The number of para-hydroxylation sites is 1. The van der Waals surface area contributed by atoms with E-state index in [2.05, 4.69) is 5.32 Å². The molecule has 38 heavy (non-hydrogen) atoms. The summed E-state index contributed by atoms with van der Waals surface area (Å²) in [7, 11) is 0. The molecule has 3 aromatic carbocycles. The summed E-state index contributed by atoms with van der Waals surface area (Å²) in [6, 6.07) is 27.2. The summed E-state index contributed by atoms with van der Waals surface area (Å²) in [5.41, 5.74) is 2.56. The molecule has 0 fully saturated rings. The molecule has 1 N–H and O–H groups in total. The van der Waals surface area contributed by atoms with Crippen molar-refractivity contribution in [2.75, 3.05) is 18.4 Å². The summed E-state index contributed by atoms with van der Waals surface area (Å²) < 4.78 is 11.2. The maximum atomic E-state index is 13.5. The van der Waals surface area contributed by atoms with Crippen molar-refractivity contribution in [2.24, 2.45) is 0 Å². The van der Waals surface area contributed by atoms with E-state index in [9.17, 15) is 9.59 Å². The predicted octanol–water partition coefficient (Wildman–Crippen LogP) is 7.50. The van der Waals surface area contributed by atoms with Crippen molar-refractivity contribution in [3.05, 3.63) is 123 Å². The Morgan fingerprint density at radius 2 is 1.63 bits per heavy atom. The molecule has 0 atom stereocenters. The monoisotopic (exact) mass is 546 g/mol. The molecule has 6 nitrogen and oxygen atoms in total. The summed E-state index contributed by atoms with van der Waals surface area (Å²) in [5, 5.41) is 5.01. The average molecular weight is 547 g/mol. The average Bonchev–Trinajstić information content (AvgIpc) is 3.42. The molecule has 0 saturated carbocycles. The molecule has 1 amide bonds. The molecule has 0 aliphatic heterocycles. The third kappa shape index (κ3) is 5.93. The molecule has 5 aromatic rings. The van der Waals surface area contributed by atoms with Crippen LogP contribution in [0.1, 0.15) is 22.5 Å². The van der Waals surface area contributed by atoms with Crippen LogP contribution in [0.5, 0.6) is 0 Å². The Morgan fingerprint density at radius 3 is 2.45 bits per heavy atom. The van der Waals surface area contributed by atoms with E-state index < -0.39 is 5.63 Å². The maximum absolute atomic E-state index is 13.5. The zero-order chi connectivity index (χ0) is 26.5. The molecule has 0 aliphatic rings. The van der Waals surface area contributed by atoms with Gasteiger partial charge in [0, 0.05) is 36.7 Å². The highest BCUT2D eigenvalue weighted by molar-refractivity contribution is 6.42. The topological polar surface area (TPSA) is 75.7 Å². The van der Waals surface area contributed by atoms with E-state index in [1.54, 1.807) is 41.3 Å². The number of hydrogen-bond donors (Lipinski definition) is 1. The number of anilines is 1. The van der Waals surface area contributed by atoms with Crippen LogP contribution >= 0.6 is 23.2 Å². The highest BCUT2D eigenvalue weighted by Crippen LogP contribution is 2.30. The van der Waals surface area contributed by atoms with Crippen molar-refractivity contribution in [1.29, 1.82) is 0 Å². The number of fused-ring (bicyclic) bond motifs is 1. The lowest BCUT2D eigenvalue weighted by Gasteiger charge is -2.22. The van der Waals surface area contributed by atoms with Crippen molar-refractivity contribution < 1.29 is 13.6 Å². The van der Waals surface area contributed by atoms with E-state index in [1.165, 1.54) is 6.07 Å². The van der Waals surface area contributed by atoms with Crippen molar-refractivity contribution in [3.63, 3.8) is 0 Å². The van der Waals surface area contributed by atoms with Crippen LogP contribution in [-0.2, 0) is 6.54 Å². The number of carbonyl (C=O) groups excluding carboxylic acids is 1. The van der Waals surface area contributed by atoms with Gasteiger partial charge >= 0.3 is 5.63 Å². The normalized spacial score (nSPS) is 11.0. The lowest BCUT2D eigenvalue weighted by atomic mass is 10.2. The van der Waals surface area contributed by atoms with Gasteiger partial charge in [-0.15, -0.1) is 0 Å². The Kier molecular flexibility index (Phi) is 7.82. The second-order valence-electron chi connectivity index (χ2n) is 8.76. The van der Waals surface area contributed by atoms with Gasteiger partial charge in [-0.3, -0.25) is 4.79 Å². The SMILES string of the molecule is O=C(c1ccc(-c2ccc(Cl)c(Cl)c2)o1)N(CCCNc1cc(=O)oc2ccccc12)Cc1ccccc1. The van der Waals surface area contributed by atoms with E-state index in [-0.39, 0.29) is 11.7 Å². The van der Waals surface area contributed by atoms with Gasteiger partial charge in [-0.2, -0.15) is 0 Å². The standard InChI is InChI=1S/C30H24Cl2N2O4/c31-23-12-11-21(17-24(23)32)26-13-14-28(37-26)30(36)34(19-20-7-2-1-3-8-20)16-6-15-33-25-18-29(35)38-27-10-5-4-9-22(25)27/h1-5,7-14,17-18,33H,6,15-16,19H2. The predicted molar refractivity (Wildman–Crippen MR) is 151 cm³/mol. The Bertz CT molecular complexity index is 1630. The van der Waals surface area contributed by atoms with Gasteiger partial charge in [0.15, 0.2) is 5.76 Å². The number of halogens is 2. The Labute approximate surface area is 229 Å². The van der Waals surface area contributed by atoms with E-state index in [0.29, 0.717) is 53.1 Å². The van der Waals surface area contributed by atoms with Gasteiger partial charge in [0.1, 0.15) is 11.3 Å². The van der Waals surface area contributed by atoms with E-state index in [4.69, 9.17) is 32.0 Å². The highest BCUT2D eigenvalue weighted by Gasteiger charge is 2.20. The highest BCUT2D eigenvalue weighted by atomic mass is 35.5. The minimum Gasteiger partial charge on any atom is -0.451 e. The van der Waals surface area contributed by atoms with Gasteiger partial charge in [-0.25, -0.2) is 4.79 Å². The number of nitrogens with zero attached hydrogens (tertiary/aromatic N) is 1. The number of benzene rings is 3. The summed E-state index contributed by atoms with van der Waals surface area (Å²) >= 11 is 12.2. The van der Waals surface area contributed by atoms with Crippen LogP contribution in [0.3, 0.4) is 0 Å². The lowest BCUT2D eigenvalue weighted by molar-refractivity contribution is 0.0711. The third-order valence-corrected chi connectivity index (χ3v) is 6.83. The fourth-order valence-corrected chi connectivity index (χ4v) is 4.52. The maximum Gasteiger partial charge on any atom is 0.338 e. The van der Waals surface area contributed by atoms with Gasteiger partial charge < -0.3 is 19.1 Å². The Morgan fingerprint density at radius 1 is 0.842 bits per heavy atom. The molecule has 8 heteroatoms. The van der Waals surface area contributed by atoms with Gasteiger partial charge in [0.25, 0.3) is 5.91 Å². The summed E-state index contributed by atoms with van der Waals surface area (Å²) in [5.74, 6) is 0.552. The first kappa shape index (κ1) is 25.6. The lowest BCUT2D eigenvalue weighted by Crippen LogP contribution is -2.32. The molecule has 0 saturated heterocycles. The van der Waals surface area contributed by atoms with Crippen LogP contribution in [0, 0.1) is 0 Å². The molecule has 0 unspecified atom stereocenters.